The number of hydrogen-bond acceptors (Lipinski definition) is 4. The van der Waals surface area contributed by atoms with Gasteiger partial charge in [-0.1, -0.05) is 39.7 Å². The van der Waals surface area contributed by atoms with Crippen LogP contribution in [0.25, 0.3) is 11.0 Å². The molecule has 2 aliphatic rings. The predicted molar refractivity (Wildman–Crippen MR) is 113 cm³/mol. The average molecular weight is 475 g/mol. The summed E-state index contributed by atoms with van der Waals surface area (Å²) in [4.78, 5) is 28.4. The Hall–Kier alpha value is -2.15. The van der Waals surface area contributed by atoms with Crippen molar-refractivity contribution in [2.75, 3.05) is 13.2 Å². The van der Waals surface area contributed by atoms with Crippen molar-refractivity contribution < 1.29 is 13.9 Å². The predicted octanol–water partition coefficient (Wildman–Crippen LogP) is 4.93. The van der Waals surface area contributed by atoms with Crippen LogP contribution >= 0.6 is 27.5 Å². The smallest absolute Gasteiger partial charge is 0.291 e. The van der Waals surface area contributed by atoms with Crippen LogP contribution in [0.4, 0.5) is 0 Å². The lowest BCUT2D eigenvalue weighted by molar-refractivity contribution is 0.0486. The summed E-state index contributed by atoms with van der Waals surface area (Å²) in [5.74, 6) is -0.173. The summed E-state index contributed by atoms with van der Waals surface area (Å²) < 4.78 is 12.6. The van der Waals surface area contributed by atoms with Gasteiger partial charge in [-0.25, -0.2) is 0 Å². The quantitative estimate of drug-likeness (QED) is 0.540. The average Bonchev–Trinajstić information content (AvgIpc) is 3.32. The van der Waals surface area contributed by atoms with E-state index in [9.17, 15) is 9.59 Å². The van der Waals surface area contributed by atoms with Gasteiger partial charge in [-0.05, 0) is 48.7 Å². The van der Waals surface area contributed by atoms with Crippen LogP contribution < -0.4 is 5.43 Å². The maximum Gasteiger partial charge on any atom is 0.291 e. The van der Waals surface area contributed by atoms with Gasteiger partial charge < -0.3 is 14.1 Å². The number of nitrogens with zero attached hydrogens (tertiary/aromatic N) is 1. The molecule has 2 atom stereocenters. The van der Waals surface area contributed by atoms with Crippen LogP contribution in [0.1, 0.15) is 40.6 Å². The maximum absolute atomic E-state index is 13.4. The molecule has 0 bridgehead atoms. The van der Waals surface area contributed by atoms with Gasteiger partial charge in [-0.2, -0.15) is 0 Å². The summed E-state index contributed by atoms with van der Waals surface area (Å²) >= 11 is 9.55. The van der Waals surface area contributed by atoms with Gasteiger partial charge in [0, 0.05) is 22.6 Å². The molecular formula is C22H17BrClNO4. The SMILES string of the molecule is O=C1c2oc3ccc(Cl)cc3c(=O)c2[C@H](c2ccc(Br)cc2)N1C[C@H]1CCCO1. The third kappa shape index (κ3) is 3.19. The van der Waals surface area contributed by atoms with E-state index >= 15 is 0 Å². The Morgan fingerprint density at radius 3 is 2.66 bits per heavy atom. The first-order valence-electron chi connectivity index (χ1n) is 9.47. The molecule has 1 amide bonds. The topological polar surface area (TPSA) is 59.8 Å². The Bertz CT molecular complexity index is 1170. The molecule has 0 unspecified atom stereocenters. The van der Waals surface area contributed by atoms with Crippen molar-refractivity contribution in [3.63, 3.8) is 0 Å². The fraction of sp³-hybridized carbons (Fsp3) is 0.273. The normalized spacial score (nSPS) is 21.2. The number of amides is 1. The number of ether oxygens (including phenoxy) is 1. The number of rotatable bonds is 3. The first kappa shape index (κ1) is 18.9. The molecule has 7 heteroatoms. The van der Waals surface area contributed by atoms with Crippen molar-refractivity contribution in [1.29, 1.82) is 0 Å². The van der Waals surface area contributed by atoms with E-state index in [-0.39, 0.29) is 23.2 Å². The molecule has 1 fully saturated rings. The minimum Gasteiger partial charge on any atom is -0.450 e. The van der Waals surface area contributed by atoms with E-state index in [1.54, 1.807) is 23.1 Å². The van der Waals surface area contributed by atoms with Crippen molar-refractivity contribution in [3.05, 3.63) is 79.1 Å². The molecule has 5 nitrogen and oxygen atoms in total. The first-order valence-corrected chi connectivity index (χ1v) is 10.6. The molecule has 0 saturated carbocycles. The van der Waals surface area contributed by atoms with Crippen molar-refractivity contribution >= 4 is 44.4 Å². The Balaban J connectivity index is 1.71. The monoisotopic (exact) mass is 473 g/mol. The summed E-state index contributed by atoms with van der Waals surface area (Å²) in [7, 11) is 0. The van der Waals surface area contributed by atoms with Crippen molar-refractivity contribution in [2.24, 2.45) is 0 Å². The molecule has 0 radical (unpaired) electrons. The first-order chi connectivity index (χ1) is 14.0. The molecule has 0 spiro atoms. The lowest BCUT2D eigenvalue weighted by Crippen LogP contribution is -2.36. The number of hydrogen-bond donors (Lipinski definition) is 0. The molecule has 3 heterocycles. The van der Waals surface area contributed by atoms with Gasteiger partial charge in [0.15, 0.2) is 5.43 Å². The fourth-order valence-electron chi connectivity index (χ4n) is 4.18. The molecule has 0 N–H and O–H groups in total. The number of halogens is 2. The molecule has 0 aliphatic carbocycles. The Morgan fingerprint density at radius 2 is 1.93 bits per heavy atom. The molecule has 5 rings (SSSR count). The zero-order valence-electron chi connectivity index (χ0n) is 15.4. The van der Waals surface area contributed by atoms with E-state index in [4.69, 9.17) is 20.8 Å². The van der Waals surface area contributed by atoms with E-state index in [2.05, 4.69) is 15.9 Å². The van der Waals surface area contributed by atoms with Crippen LogP contribution in [-0.4, -0.2) is 30.1 Å². The third-order valence-corrected chi connectivity index (χ3v) is 6.30. The van der Waals surface area contributed by atoms with Gasteiger partial charge in [0.1, 0.15) is 5.58 Å². The summed E-state index contributed by atoms with van der Waals surface area (Å²) in [5, 5.41) is 0.829. The summed E-state index contributed by atoms with van der Waals surface area (Å²) in [6.45, 7) is 1.11. The molecule has 3 aromatic rings. The van der Waals surface area contributed by atoms with Crippen LogP contribution in [0.5, 0.6) is 0 Å². The summed E-state index contributed by atoms with van der Waals surface area (Å²) in [5.41, 5.74) is 1.36. The van der Waals surface area contributed by atoms with Crippen molar-refractivity contribution in [3.8, 4) is 0 Å². The fourth-order valence-corrected chi connectivity index (χ4v) is 4.62. The van der Waals surface area contributed by atoms with E-state index in [0.717, 1.165) is 22.9 Å². The van der Waals surface area contributed by atoms with Crippen LogP contribution in [0.15, 0.2) is 56.1 Å². The zero-order valence-corrected chi connectivity index (χ0v) is 17.7. The van der Waals surface area contributed by atoms with Gasteiger partial charge in [-0.15, -0.1) is 0 Å². The number of benzene rings is 2. The molecule has 1 saturated heterocycles. The van der Waals surface area contributed by atoms with Crippen LogP contribution in [0, 0.1) is 0 Å². The standard InChI is InChI=1S/C22H17BrClNO4/c23-13-5-3-12(4-6-13)19-18-20(26)16-10-14(24)7-8-17(16)29-21(18)22(27)25(19)11-15-2-1-9-28-15/h3-8,10,15,19H,1-2,9,11H2/t15-,19+/m1/s1. The number of carbonyl (C=O) groups is 1. The lowest BCUT2D eigenvalue weighted by atomic mass is 9.98. The molecule has 29 heavy (non-hydrogen) atoms. The second-order valence-corrected chi connectivity index (χ2v) is 8.71. The minimum absolute atomic E-state index is 0.0369. The van der Waals surface area contributed by atoms with Gasteiger partial charge in [-0.3, -0.25) is 9.59 Å². The largest absolute Gasteiger partial charge is 0.450 e. The summed E-state index contributed by atoms with van der Waals surface area (Å²) in [6, 6.07) is 12.0. The van der Waals surface area contributed by atoms with E-state index < -0.39 is 6.04 Å². The minimum atomic E-state index is -0.519. The summed E-state index contributed by atoms with van der Waals surface area (Å²) in [6.07, 6.45) is 1.83. The van der Waals surface area contributed by atoms with Gasteiger partial charge in [0.05, 0.1) is 23.1 Å². The second-order valence-electron chi connectivity index (χ2n) is 7.36. The molecule has 148 valence electrons. The Morgan fingerprint density at radius 1 is 1.14 bits per heavy atom. The van der Waals surface area contributed by atoms with Gasteiger partial charge in [0.25, 0.3) is 5.91 Å². The second kappa shape index (κ2) is 7.27. The maximum atomic E-state index is 13.4. The third-order valence-electron chi connectivity index (χ3n) is 5.54. The van der Waals surface area contributed by atoms with E-state index in [1.807, 2.05) is 24.3 Å². The van der Waals surface area contributed by atoms with Crippen LogP contribution in [0.2, 0.25) is 5.02 Å². The highest BCUT2D eigenvalue weighted by Gasteiger charge is 2.43. The molecule has 2 aromatic carbocycles. The van der Waals surface area contributed by atoms with Gasteiger partial charge in [0.2, 0.25) is 5.76 Å². The van der Waals surface area contributed by atoms with Crippen LogP contribution in [-0.2, 0) is 4.74 Å². The van der Waals surface area contributed by atoms with Crippen molar-refractivity contribution in [1.82, 2.24) is 4.90 Å². The van der Waals surface area contributed by atoms with Crippen LogP contribution in [0.3, 0.4) is 0 Å². The highest BCUT2D eigenvalue weighted by atomic mass is 79.9. The highest BCUT2D eigenvalue weighted by Crippen LogP contribution is 2.39. The van der Waals surface area contributed by atoms with E-state index in [1.165, 1.54) is 0 Å². The molecular weight excluding hydrogens is 458 g/mol. The lowest BCUT2D eigenvalue weighted by Gasteiger charge is -2.27. The molecule has 1 aromatic heterocycles. The number of fused-ring (bicyclic) bond motifs is 2. The zero-order chi connectivity index (χ0) is 20.1. The highest BCUT2D eigenvalue weighted by molar-refractivity contribution is 9.10. The number of carbonyl (C=O) groups excluding carboxylic acids is 1. The Labute approximate surface area is 180 Å². The van der Waals surface area contributed by atoms with E-state index in [0.29, 0.717) is 34.7 Å². The Kier molecular flexibility index (Phi) is 4.73. The van der Waals surface area contributed by atoms with Gasteiger partial charge >= 0.3 is 0 Å². The van der Waals surface area contributed by atoms with Crippen molar-refractivity contribution in [2.45, 2.75) is 25.0 Å². The molecule has 2 aliphatic heterocycles.